The molecule has 1 amide bonds. The van der Waals surface area contributed by atoms with Crippen molar-refractivity contribution < 1.29 is 9.72 Å². The molecule has 0 saturated carbocycles. The van der Waals surface area contributed by atoms with Crippen LogP contribution in [0.2, 0.25) is 5.02 Å². The Kier molecular flexibility index (Phi) is 4.83. The summed E-state index contributed by atoms with van der Waals surface area (Å²) in [5, 5.41) is 12.6. The van der Waals surface area contributed by atoms with Crippen molar-refractivity contribution in [3.63, 3.8) is 0 Å². The molecule has 0 N–H and O–H groups in total. The zero-order valence-corrected chi connectivity index (χ0v) is 15.7. The number of hydrogen-bond acceptors (Lipinski definition) is 5. The quantitative estimate of drug-likeness (QED) is 0.497. The number of nitrogens with zero attached hydrogens (tertiary/aromatic N) is 4. The maximum Gasteiger partial charge on any atom is 0.294 e. The predicted molar refractivity (Wildman–Crippen MR) is 108 cm³/mol. The van der Waals surface area contributed by atoms with Gasteiger partial charge in [0.1, 0.15) is 11.4 Å². The van der Waals surface area contributed by atoms with Gasteiger partial charge in [0.25, 0.3) is 11.6 Å². The summed E-state index contributed by atoms with van der Waals surface area (Å²) in [5.74, 6) is -0.129. The first-order valence-electron chi connectivity index (χ1n) is 8.87. The van der Waals surface area contributed by atoms with Crippen molar-refractivity contribution in [2.45, 2.75) is 0 Å². The fourth-order valence-corrected chi connectivity index (χ4v) is 3.57. The second-order valence-corrected chi connectivity index (χ2v) is 7.00. The van der Waals surface area contributed by atoms with E-state index in [0.717, 1.165) is 10.9 Å². The molecule has 0 aliphatic carbocycles. The van der Waals surface area contributed by atoms with Crippen LogP contribution >= 0.6 is 11.6 Å². The van der Waals surface area contributed by atoms with E-state index in [1.807, 2.05) is 35.2 Å². The Bertz CT molecular complexity index is 1060. The van der Waals surface area contributed by atoms with Gasteiger partial charge in [-0.1, -0.05) is 35.9 Å². The maximum atomic E-state index is 12.8. The minimum atomic E-state index is -0.433. The number of halogens is 1. The molecular weight excluding hydrogens is 380 g/mol. The zero-order chi connectivity index (χ0) is 19.7. The number of piperazine rings is 1. The molecule has 2 heterocycles. The third-order valence-electron chi connectivity index (χ3n) is 4.86. The van der Waals surface area contributed by atoms with Crippen LogP contribution < -0.4 is 4.90 Å². The number of benzene rings is 2. The number of hydrogen-bond donors (Lipinski definition) is 0. The fraction of sp³-hybridized carbons (Fsp3) is 0.200. The molecule has 142 valence electrons. The van der Waals surface area contributed by atoms with Crippen molar-refractivity contribution in [1.29, 1.82) is 0 Å². The molecule has 0 bridgehead atoms. The Hall–Kier alpha value is -3.19. The van der Waals surface area contributed by atoms with Crippen molar-refractivity contribution in [1.82, 2.24) is 9.88 Å². The number of pyridine rings is 1. The normalized spacial score (nSPS) is 14.3. The van der Waals surface area contributed by atoms with E-state index in [-0.39, 0.29) is 11.6 Å². The smallest absolute Gasteiger partial charge is 0.294 e. The minimum Gasteiger partial charge on any atom is -0.362 e. The lowest BCUT2D eigenvalue weighted by Crippen LogP contribution is -2.49. The lowest BCUT2D eigenvalue weighted by molar-refractivity contribution is -0.384. The van der Waals surface area contributed by atoms with Crippen molar-refractivity contribution in [2.75, 3.05) is 31.1 Å². The minimum absolute atomic E-state index is 0.0246. The molecule has 8 heteroatoms. The van der Waals surface area contributed by atoms with E-state index in [2.05, 4.69) is 4.98 Å². The van der Waals surface area contributed by atoms with Crippen LogP contribution in [0.25, 0.3) is 10.9 Å². The number of amides is 1. The van der Waals surface area contributed by atoms with Gasteiger partial charge in [0.05, 0.1) is 10.4 Å². The Morgan fingerprint density at radius 3 is 2.54 bits per heavy atom. The van der Waals surface area contributed by atoms with Crippen molar-refractivity contribution in [3.05, 3.63) is 75.4 Å². The van der Waals surface area contributed by atoms with E-state index in [1.54, 1.807) is 23.1 Å². The highest BCUT2D eigenvalue weighted by atomic mass is 35.5. The molecule has 0 spiro atoms. The number of para-hydroxylation sites is 1. The summed E-state index contributed by atoms with van der Waals surface area (Å²) in [7, 11) is 0. The average molecular weight is 397 g/mol. The molecule has 0 radical (unpaired) electrons. The van der Waals surface area contributed by atoms with Crippen LogP contribution in [-0.2, 0) is 0 Å². The number of carbonyl (C=O) groups is 1. The molecule has 1 fully saturated rings. The molecule has 3 aromatic rings. The van der Waals surface area contributed by atoms with Crippen LogP contribution in [0.3, 0.4) is 0 Å². The van der Waals surface area contributed by atoms with Gasteiger partial charge in [0.15, 0.2) is 0 Å². The summed E-state index contributed by atoms with van der Waals surface area (Å²) in [6.07, 6.45) is 0. The number of nitro benzene ring substituents is 1. The van der Waals surface area contributed by atoms with Gasteiger partial charge in [-0.05, 0) is 24.3 Å². The zero-order valence-electron chi connectivity index (χ0n) is 14.9. The van der Waals surface area contributed by atoms with E-state index >= 15 is 0 Å². The molecule has 2 aromatic carbocycles. The van der Waals surface area contributed by atoms with E-state index in [0.29, 0.717) is 42.6 Å². The number of fused-ring (bicyclic) bond motifs is 1. The van der Waals surface area contributed by atoms with E-state index in [4.69, 9.17) is 11.6 Å². The van der Waals surface area contributed by atoms with Gasteiger partial charge < -0.3 is 9.80 Å². The SMILES string of the molecule is O=C(c1ccc2ccccc2n1)N1CCN(c2ccc(Cl)cc2[N+](=O)[O-])CC1. The van der Waals surface area contributed by atoms with Crippen LogP contribution in [0.4, 0.5) is 11.4 Å². The molecule has 1 aliphatic rings. The Morgan fingerprint density at radius 1 is 1.04 bits per heavy atom. The Morgan fingerprint density at radius 2 is 1.79 bits per heavy atom. The first-order chi connectivity index (χ1) is 13.5. The molecule has 1 aliphatic heterocycles. The summed E-state index contributed by atoms with van der Waals surface area (Å²) in [6.45, 7) is 1.93. The fourth-order valence-electron chi connectivity index (χ4n) is 3.41. The molecule has 0 atom stereocenters. The average Bonchev–Trinajstić information content (AvgIpc) is 2.73. The standard InChI is InChI=1S/C20H17ClN4O3/c21-15-6-8-18(19(13-15)25(27)28)23-9-11-24(12-10-23)20(26)17-7-5-14-3-1-2-4-16(14)22-17/h1-8,13H,9-12H2. The lowest BCUT2D eigenvalue weighted by atomic mass is 10.2. The molecule has 1 saturated heterocycles. The van der Waals surface area contributed by atoms with E-state index in [9.17, 15) is 14.9 Å². The van der Waals surface area contributed by atoms with Crippen molar-refractivity contribution in [3.8, 4) is 0 Å². The van der Waals surface area contributed by atoms with Crippen LogP contribution in [0.15, 0.2) is 54.6 Å². The van der Waals surface area contributed by atoms with Gasteiger partial charge in [0.2, 0.25) is 0 Å². The Balaban J connectivity index is 1.49. The van der Waals surface area contributed by atoms with Gasteiger partial charge >= 0.3 is 0 Å². The highest BCUT2D eigenvalue weighted by molar-refractivity contribution is 6.30. The first-order valence-corrected chi connectivity index (χ1v) is 9.25. The van der Waals surface area contributed by atoms with Crippen LogP contribution in [0.5, 0.6) is 0 Å². The maximum absolute atomic E-state index is 12.8. The van der Waals surface area contributed by atoms with Crippen LogP contribution in [0.1, 0.15) is 10.5 Å². The topological polar surface area (TPSA) is 79.6 Å². The number of nitro groups is 1. The van der Waals surface area contributed by atoms with Crippen LogP contribution in [-0.4, -0.2) is 46.9 Å². The highest BCUT2D eigenvalue weighted by Crippen LogP contribution is 2.31. The molecule has 1 aromatic heterocycles. The van der Waals surface area contributed by atoms with Crippen molar-refractivity contribution in [2.24, 2.45) is 0 Å². The summed E-state index contributed by atoms with van der Waals surface area (Å²) < 4.78 is 0. The van der Waals surface area contributed by atoms with Crippen LogP contribution in [0, 0.1) is 10.1 Å². The van der Waals surface area contributed by atoms with Gasteiger partial charge in [-0.3, -0.25) is 14.9 Å². The molecule has 4 rings (SSSR count). The predicted octanol–water partition coefficient (Wildman–Crippen LogP) is 3.76. The lowest BCUT2D eigenvalue weighted by Gasteiger charge is -2.35. The number of carbonyl (C=O) groups excluding carboxylic acids is 1. The Labute approximate surface area is 166 Å². The van der Waals surface area contributed by atoms with Gasteiger partial charge in [-0.25, -0.2) is 4.98 Å². The number of anilines is 1. The summed E-state index contributed by atoms with van der Waals surface area (Å²) in [5.41, 5.74) is 1.68. The third-order valence-corrected chi connectivity index (χ3v) is 5.09. The van der Waals surface area contributed by atoms with Gasteiger partial charge in [-0.15, -0.1) is 0 Å². The number of aromatic nitrogens is 1. The molecule has 28 heavy (non-hydrogen) atoms. The second-order valence-electron chi connectivity index (χ2n) is 6.56. The molecule has 7 nitrogen and oxygen atoms in total. The van der Waals surface area contributed by atoms with E-state index in [1.165, 1.54) is 6.07 Å². The largest absolute Gasteiger partial charge is 0.362 e. The molecule has 0 unspecified atom stereocenters. The molecular formula is C20H17ClN4O3. The third kappa shape index (κ3) is 3.48. The summed E-state index contributed by atoms with van der Waals surface area (Å²) in [4.78, 5) is 31.8. The van der Waals surface area contributed by atoms with E-state index < -0.39 is 4.92 Å². The summed E-state index contributed by atoms with van der Waals surface area (Å²) in [6, 6.07) is 15.9. The number of rotatable bonds is 3. The first kappa shape index (κ1) is 18.2. The highest BCUT2D eigenvalue weighted by Gasteiger charge is 2.27. The van der Waals surface area contributed by atoms with Gasteiger partial charge in [-0.2, -0.15) is 0 Å². The summed E-state index contributed by atoms with van der Waals surface area (Å²) >= 11 is 5.89. The second kappa shape index (κ2) is 7.44. The van der Waals surface area contributed by atoms with Gasteiger partial charge in [0, 0.05) is 42.7 Å². The van der Waals surface area contributed by atoms with Crippen molar-refractivity contribution >= 4 is 39.8 Å². The monoisotopic (exact) mass is 396 g/mol.